The first kappa shape index (κ1) is 8.78. The van der Waals surface area contributed by atoms with E-state index in [1.807, 2.05) is 18.2 Å². The molecule has 0 saturated heterocycles. The summed E-state index contributed by atoms with van der Waals surface area (Å²) >= 11 is 9.26. The van der Waals surface area contributed by atoms with Crippen LogP contribution in [0.5, 0.6) is 0 Å². The molecule has 13 heavy (non-hydrogen) atoms. The number of pyridine rings is 1. The highest BCUT2D eigenvalue weighted by molar-refractivity contribution is 9.10. The Kier molecular flexibility index (Phi) is 2.14. The highest BCUT2D eigenvalue weighted by Gasteiger charge is 2.03. The molecule has 0 aliphatic heterocycles. The summed E-state index contributed by atoms with van der Waals surface area (Å²) in [5.74, 6) is 0.459. The van der Waals surface area contributed by atoms with Crippen LogP contribution in [0.15, 0.2) is 28.7 Å². The number of aromatic nitrogens is 1. The summed E-state index contributed by atoms with van der Waals surface area (Å²) in [7, 11) is 0. The quantitative estimate of drug-likeness (QED) is 0.787. The van der Waals surface area contributed by atoms with Crippen LogP contribution >= 0.6 is 27.5 Å². The van der Waals surface area contributed by atoms with Crippen LogP contribution in [0, 0.1) is 0 Å². The highest BCUT2D eigenvalue weighted by atomic mass is 79.9. The molecule has 2 nitrogen and oxygen atoms in total. The van der Waals surface area contributed by atoms with Crippen LogP contribution in [0.25, 0.3) is 10.9 Å². The summed E-state index contributed by atoms with van der Waals surface area (Å²) in [5.41, 5.74) is 6.38. The minimum Gasteiger partial charge on any atom is -0.383 e. The lowest BCUT2D eigenvalue weighted by molar-refractivity contribution is 1.39. The molecule has 0 aliphatic carbocycles. The normalized spacial score (nSPS) is 10.6. The molecule has 2 aromatic rings. The zero-order valence-corrected chi connectivity index (χ0v) is 8.93. The Morgan fingerprint density at radius 3 is 2.92 bits per heavy atom. The highest BCUT2D eigenvalue weighted by Crippen LogP contribution is 2.27. The van der Waals surface area contributed by atoms with Gasteiger partial charge in [0.1, 0.15) is 5.82 Å². The van der Waals surface area contributed by atoms with E-state index in [1.54, 1.807) is 6.07 Å². The number of fused-ring (bicyclic) bond motifs is 1. The fourth-order valence-electron chi connectivity index (χ4n) is 1.15. The molecule has 0 unspecified atom stereocenters. The topological polar surface area (TPSA) is 38.9 Å². The van der Waals surface area contributed by atoms with Gasteiger partial charge in [-0.25, -0.2) is 4.98 Å². The number of para-hydroxylation sites is 1. The molecule has 4 heteroatoms. The third-order valence-electron chi connectivity index (χ3n) is 1.78. The molecular formula is C9H6BrClN2. The molecule has 0 amide bonds. The maximum Gasteiger partial charge on any atom is 0.138 e. The molecule has 2 rings (SSSR count). The van der Waals surface area contributed by atoms with Gasteiger partial charge in [0.25, 0.3) is 0 Å². The Hall–Kier alpha value is -0.800. The Labute approximate surface area is 88.8 Å². The van der Waals surface area contributed by atoms with E-state index in [4.69, 9.17) is 17.3 Å². The SMILES string of the molecule is Nc1nc2c(Cl)cccc2cc1Br. The predicted molar refractivity (Wildman–Crippen MR) is 58.9 cm³/mol. The van der Waals surface area contributed by atoms with Crippen molar-refractivity contribution in [2.75, 3.05) is 5.73 Å². The number of hydrogen-bond acceptors (Lipinski definition) is 2. The van der Waals surface area contributed by atoms with E-state index in [9.17, 15) is 0 Å². The van der Waals surface area contributed by atoms with E-state index in [-0.39, 0.29) is 0 Å². The van der Waals surface area contributed by atoms with E-state index in [0.29, 0.717) is 10.8 Å². The Morgan fingerprint density at radius 1 is 1.38 bits per heavy atom. The maximum absolute atomic E-state index is 5.95. The average Bonchev–Trinajstić information content (AvgIpc) is 2.09. The molecule has 0 radical (unpaired) electrons. The Morgan fingerprint density at radius 2 is 2.15 bits per heavy atom. The van der Waals surface area contributed by atoms with Gasteiger partial charge in [-0.1, -0.05) is 23.7 Å². The van der Waals surface area contributed by atoms with Gasteiger partial charge in [0, 0.05) is 5.39 Å². The number of benzene rings is 1. The third kappa shape index (κ3) is 1.49. The maximum atomic E-state index is 5.95. The monoisotopic (exact) mass is 256 g/mol. The van der Waals surface area contributed by atoms with Gasteiger partial charge in [0.05, 0.1) is 15.0 Å². The minimum absolute atomic E-state index is 0.459. The summed E-state index contributed by atoms with van der Waals surface area (Å²) < 4.78 is 0.794. The molecular weight excluding hydrogens is 251 g/mol. The molecule has 1 heterocycles. The summed E-state index contributed by atoms with van der Waals surface area (Å²) in [6.07, 6.45) is 0. The van der Waals surface area contributed by atoms with Gasteiger partial charge >= 0.3 is 0 Å². The van der Waals surface area contributed by atoms with Crippen molar-refractivity contribution in [1.82, 2.24) is 4.98 Å². The number of hydrogen-bond donors (Lipinski definition) is 1. The van der Waals surface area contributed by atoms with Crippen LogP contribution in [0.3, 0.4) is 0 Å². The van der Waals surface area contributed by atoms with E-state index < -0.39 is 0 Å². The van der Waals surface area contributed by atoms with E-state index in [2.05, 4.69) is 20.9 Å². The molecule has 0 bridgehead atoms. The fourth-order valence-corrected chi connectivity index (χ4v) is 1.71. The second-order valence-corrected chi connectivity index (χ2v) is 3.93. The van der Waals surface area contributed by atoms with Crippen molar-refractivity contribution in [3.05, 3.63) is 33.8 Å². The number of nitrogen functional groups attached to an aromatic ring is 1. The van der Waals surface area contributed by atoms with E-state index in [0.717, 1.165) is 15.4 Å². The van der Waals surface area contributed by atoms with Crippen LogP contribution in [0.2, 0.25) is 5.02 Å². The van der Waals surface area contributed by atoms with Crippen LogP contribution in [-0.4, -0.2) is 4.98 Å². The third-order valence-corrected chi connectivity index (χ3v) is 2.72. The summed E-state index contributed by atoms with van der Waals surface area (Å²) in [6.45, 7) is 0. The first-order valence-electron chi connectivity index (χ1n) is 3.69. The van der Waals surface area contributed by atoms with Gasteiger partial charge in [-0.2, -0.15) is 0 Å². The zero-order chi connectivity index (χ0) is 9.42. The molecule has 0 aliphatic rings. The lowest BCUT2D eigenvalue weighted by Gasteiger charge is -2.02. The lowest BCUT2D eigenvalue weighted by atomic mass is 10.2. The Bertz CT molecular complexity index is 470. The second kappa shape index (κ2) is 3.16. The largest absolute Gasteiger partial charge is 0.383 e. The number of nitrogens with zero attached hydrogens (tertiary/aromatic N) is 1. The lowest BCUT2D eigenvalue weighted by Crippen LogP contribution is -1.92. The first-order valence-corrected chi connectivity index (χ1v) is 4.86. The molecule has 1 aromatic heterocycles. The molecule has 0 fully saturated rings. The van der Waals surface area contributed by atoms with Crippen molar-refractivity contribution in [1.29, 1.82) is 0 Å². The van der Waals surface area contributed by atoms with Gasteiger partial charge in [0.2, 0.25) is 0 Å². The second-order valence-electron chi connectivity index (χ2n) is 2.67. The fraction of sp³-hybridized carbons (Fsp3) is 0. The van der Waals surface area contributed by atoms with E-state index in [1.165, 1.54) is 0 Å². The molecule has 1 aromatic carbocycles. The number of rotatable bonds is 0. The van der Waals surface area contributed by atoms with E-state index >= 15 is 0 Å². The summed E-state index contributed by atoms with van der Waals surface area (Å²) in [5, 5.41) is 1.60. The van der Waals surface area contributed by atoms with Gasteiger partial charge in [-0.3, -0.25) is 0 Å². The van der Waals surface area contributed by atoms with Gasteiger partial charge < -0.3 is 5.73 Å². The molecule has 0 saturated carbocycles. The molecule has 66 valence electrons. The number of halogens is 2. The zero-order valence-electron chi connectivity index (χ0n) is 6.59. The van der Waals surface area contributed by atoms with Crippen LogP contribution < -0.4 is 5.73 Å². The minimum atomic E-state index is 0.459. The van der Waals surface area contributed by atoms with Crippen molar-refractivity contribution in [3.63, 3.8) is 0 Å². The van der Waals surface area contributed by atoms with Gasteiger partial charge in [0.15, 0.2) is 0 Å². The van der Waals surface area contributed by atoms with Crippen molar-refractivity contribution in [2.24, 2.45) is 0 Å². The van der Waals surface area contributed by atoms with Crippen molar-refractivity contribution in [3.8, 4) is 0 Å². The van der Waals surface area contributed by atoms with Gasteiger partial charge in [-0.15, -0.1) is 0 Å². The number of nitrogens with two attached hydrogens (primary N) is 1. The molecule has 0 spiro atoms. The van der Waals surface area contributed by atoms with Crippen LogP contribution in [0.4, 0.5) is 5.82 Å². The Balaban J connectivity index is 2.89. The first-order chi connectivity index (χ1) is 6.18. The molecule has 0 atom stereocenters. The standard InChI is InChI=1S/C9H6BrClN2/c10-6-4-5-2-1-3-7(11)8(5)13-9(6)12/h1-4H,(H2,12,13). The van der Waals surface area contributed by atoms with Crippen molar-refractivity contribution < 1.29 is 0 Å². The summed E-state index contributed by atoms with van der Waals surface area (Å²) in [6, 6.07) is 7.53. The smallest absolute Gasteiger partial charge is 0.138 e. The van der Waals surface area contributed by atoms with Gasteiger partial charge in [-0.05, 0) is 28.1 Å². The number of anilines is 1. The van der Waals surface area contributed by atoms with Crippen molar-refractivity contribution >= 4 is 44.3 Å². The van der Waals surface area contributed by atoms with Crippen molar-refractivity contribution in [2.45, 2.75) is 0 Å². The average molecular weight is 258 g/mol. The van der Waals surface area contributed by atoms with Crippen LogP contribution in [0.1, 0.15) is 0 Å². The predicted octanol–water partition coefficient (Wildman–Crippen LogP) is 3.23. The molecule has 2 N–H and O–H groups in total. The van der Waals surface area contributed by atoms with Crippen LogP contribution in [-0.2, 0) is 0 Å². The summed E-state index contributed by atoms with van der Waals surface area (Å²) in [4.78, 5) is 4.17.